The Kier molecular flexibility index (Phi) is 7.97. The molecule has 0 radical (unpaired) electrons. The molecule has 126 valence electrons. The smallest absolute Gasteiger partial charge is 0.243 e. The molecule has 2 aromatic carbocycles. The molecular weight excluding hydrogens is 545 g/mol. The molecule has 2 rings (SSSR count). The minimum Gasteiger partial charge on any atom is -0.346 e. The van der Waals surface area contributed by atoms with Gasteiger partial charge in [-0.3, -0.25) is 4.79 Å². The Balaban J connectivity index is 2.24. The third-order valence-corrected chi connectivity index (χ3v) is 5.94. The number of hydrogen-bond donors (Lipinski definition) is 1. The Hall–Kier alpha value is -0.660. The van der Waals surface area contributed by atoms with E-state index in [1.807, 2.05) is 24.3 Å². The van der Waals surface area contributed by atoms with Crippen molar-refractivity contribution in [1.29, 1.82) is 0 Å². The third kappa shape index (κ3) is 5.70. The molecule has 2 nitrogen and oxygen atoms in total. The zero-order valence-electron chi connectivity index (χ0n) is 13.0. The number of amides is 1. The first-order chi connectivity index (χ1) is 11.5. The van der Waals surface area contributed by atoms with E-state index >= 15 is 0 Å². The Bertz CT molecular complexity index is 686. The lowest BCUT2D eigenvalue weighted by molar-refractivity contribution is -0.117. The highest BCUT2D eigenvalue weighted by molar-refractivity contribution is 14.1. The summed E-state index contributed by atoms with van der Waals surface area (Å²) in [4.78, 5) is 11.9. The predicted octanol–water partition coefficient (Wildman–Crippen LogP) is 6.16. The molecule has 0 aromatic heterocycles. The molecule has 0 heterocycles. The summed E-state index contributed by atoms with van der Waals surface area (Å²) in [5, 5.41) is 3.06. The van der Waals surface area contributed by atoms with Gasteiger partial charge in [0.1, 0.15) is 0 Å². The van der Waals surface area contributed by atoms with Crippen molar-refractivity contribution < 1.29 is 4.79 Å². The average molecular weight is 563 g/mol. The fraction of sp³-hybridized carbons (Fsp3) is 0.211. The molecule has 0 aliphatic rings. The second-order valence-corrected chi connectivity index (χ2v) is 8.17. The number of carbonyl (C=O) groups excluding carboxylic acids is 1. The fourth-order valence-electron chi connectivity index (χ4n) is 2.51. The van der Waals surface area contributed by atoms with Crippen LogP contribution in [0.25, 0.3) is 0 Å². The van der Waals surface area contributed by atoms with Crippen molar-refractivity contribution in [2.24, 2.45) is 0 Å². The Morgan fingerprint density at radius 3 is 2.00 bits per heavy atom. The molecule has 0 aliphatic heterocycles. The van der Waals surface area contributed by atoms with Crippen LogP contribution in [0.5, 0.6) is 0 Å². The quantitative estimate of drug-likeness (QED) is 0.244. The molecule has 2 unspecified atom stereocenters. The van der Waals surface area contributed by atoms with Gasteiger partial charge < -0.3 is 5.32 Å². The maximum Gasteiger partial charge on any atom is 0.243 e. The van der Waals surface area contributed by atoms with Crippen LogP contribution in [0.2, 0.25) is 0 Å². The van der Waals surface area contributed by atoms with Crippen LogP contribution < -0.4 is 5.32 Å². The molecule has 0 saturated heterocycles. The SMILES string of the molecule is C=CC(=O)NC(CC(CI)c1ccc(Br)cc1)c1ccc(Br)cc1. The number of carbonyl (C=O) groups is 1. The van der Waals surface area contributed by atoms with E-state index < -0.39 is 0 Å². The van der Waals surface area contributed by atoms with Gasteiger partial charge >= 0.3 is 0 Å². The lowest BCUT2D eigenvalue weighted by atomic mass is 9.90. The molecule has 5 heteroatoms. The summed E-state index contributed by atoms with van der Waals surface area (Å²) in [6, 6.07) is 16.4. The molecule has 1 amide bonds. The summed E-state index contributed by atoms with van der Waals surface area (Å²) < 4.78 is 3.08. The van der Waals surface area contributed by atoms with Gasteiger partial charge in [0.05, 0.1) is 6.04 Å². The lowest BCUT2D eigenvalue weighted by Crippen LogP contribution is -2.28. The Morgan fingerprint density at radius 2 is 1.54 bits per heavy atom. The van der Waals surface area contributed by atoms with E-state index in [1.54, 1.807) is 0 Å². The third-order valence-electron chi connectivity index (χ3n) is 3.82. The van der Waals surface area contributed by atoms with Gasteiger partial charge in [-0.15, -0.1) is 0 Å². The van der Waals surface area contributed by atoms with Crippen molar-refractivity contribution in [2.45, 2.75) is 18.4 Å². The maximum atomic E-state index is 11.9. The van der Waals surface area contributed by atoms with Crippen LogP contribution >= 0.6 is 54.5 Å². The van der Waals surface area contributed by atoms with Gasteiger partial charge in [0, 0.05) is 13.4 Å². The topological polar surface area (TPSA) is 29.1 Å². The van der Waals surface area contributed by atoms with Gasteiger partial charge in [0.2, 0.25) is 5.91 Å². The number of nitrogens with one attached hydrogen (secondary N) is 1. The summed E-state index contributed by atoms with van der Waals surface area (Å²) in [5.74, 6) is 0.211. The van der Waals surface area contributed by atoms with E-state index in [0.717, 1.165) is 25.4 Å². The lowest BCUT2D eigenvalue weighted by Gasteiger charge is -2.24. The van der Waals surface area contributed by atoms with Gasteiger partial charge in [-0.2, -0.15) is 0 Å². The number of rotatable bonds is 7. The van der Waals surface area contributed by atoms with Crippen LogP contribution in [-0.2, 0) is 4.79 Å². The summed E-state index contributed by atoms with van der Waals surface area (Å²) >= 11 is 9.35. The van der Waals surface area contributed by atoms with Crippen molar-refractivity contribution in [3.05, 3.63) is 81.3 Å². The van der Waals surface area contributed by atoms with Crippen molar-refractivity contribution in [2.75, 3.05) is 4.43 Å². The monoisotopic (exact) mass is 561 g/mol. The molecule has 0 bridgehead atoms. The van der Waals surface area contributed by atoms with Gasteiger partial charge in [-0.25, -0.2) is 0 Å². The molecule has 0 fully saturated rings. The highest BCUT2D eigenvalue weighted by Crippen LogP contribution is 2.31. The minimum atomic E-state index is -0.147. The molecule has 0 spiro atoms. The van der Waals surface area contributed by atoms with Crippen molar-refractivity contribution in [1.82, 2.24) is 5.32 Å². The van der Waals surface area contributed by atoms with Gasteiger partial charge in [-0.05, 0) is 53.8 Å². The van der Waals surface area contributed by atoms with Crippen LogP contribution in [0.4, 0.5) is 0 Å². The van der Waals surface area contributed by atoms with Crippen molar-refractivity contribution in [3.63, 3.8) is 0 Å². The minimum absolute atomic E-state index is 0.0491. The highest BCUT2D eigenvalue weighted by atomic mass is 127. The van der Waals surface area contributed by atoms with Crippen LogP contribution in [0, 0.1) is 0 Å². The first kappa shape index (κ1) is 19.7. The number of benzene rings is 2. The van der Waals surface area contributed by atoms with E-state index in [-0.39, 0.29) is 11.9 Å². The molecular formula is C19H18Br2INO. The van der Waals surface area contributed by atoms with Gasteiger partial charge in [0.15, 0.2) is 0 Å². The van der Waals surface area contributed by atoms with Crippen LogP contribution in [0.15, 0.2) is 70.1 Å². The molecule has 0 saturated carbocycles. The van der Waals surface area contributed by atoms with Crippen LogP contribution in [0.3, 0.4) is 0 Å². The first-order valence-electron chi connectivity index (χ1n) is 7.53. The second kappa shape index (κ2) is 9.73. The van der Waals surface area contributed by atoms with Crippen molar-refractivity contribution in [3.8, 4) is 0 Å². The fourth-order valence-corrected chi connectivity index (χ4v) is 3.91. The van der Waals surface area contributed by atoms with Gasteiger partial charge in [-0.1, -0.05) is 85.3 Å². The zero-order chi connectivity index (χ0) is 17.5. The second-order valence-electron chi connectivity index (χ2n) is 5.46. The summed E-state index contributed by atoms with van der Waals surface area (Å²) in [7, 11) is 0. The first-order valence-corrected chi connectivity index (χ1v) is 10.6. The van der Waals surface area contributed by atoms with E-state index in [1.165, 1.54) is 11.6 Å². The maximum absolute atomic E-state index is 11.9. The molecule has 0 aliphatic carbocycles. The van der Waals surface area contributed by atoms with E-state index in [2.05, 4.69) is 90.6 Å². The van der Waals surface area contributed by atoms with E-state index in [9.17, 15) is 4.79 Å². The summed E-state index contributed by atoms with van der Waals surface area (Å²) in [6.45, 7) is 3.56. The highest BCUT2D eigenvalue weighted by Gasteiger charge is 2.20. The summed E-state index contributed by atoms with van der Waals surface area (Å²) in [6.07, 6.45) is 2.16. The van der Waals surface area contributed by atoms with Crippen LogP contribution in [0.1, 0.15) is 29.5 Å². The van der Waals surface area contributed by atoms with Crippen LogP contribution in [-0.4, -0.2) is 10.3 Å². The van der Waals surface area contributed by atoms with E-state index in [0.29, 0.717) is 5.92 Å². The van der Waals surface area contributed by atoms with Gasteiger partial charge in [0.25, 0.3) is 0 Å². The molecule has 24 heavy (non-hydrogen) atoms. The Morgan fingerprint density at radius 1 is 1.04 bits per heavy atom. The summed E-state index contributed by atoms with van der Waals surface area (Å²) in [5.41, 5.74) is 2.38. The van der Waals surface area contributed by atoms with Crippen molar-refractivity contribution >= 4 is 60.4 Å². The number of halogens is 3. The number of hydrogen-bond acceptors (Lipinski definition) is 1. The standard InChI is InChI=1S/C19H18Br2INO/c1-2-19(24)23-18(14-5-9-17(21)10-6-14)11-15(12-22)13-3-7-16(20)8-4-13/h2-10,15,18H,1,11-12H2,(H,23,24). The predicted molar refractivity (Wildman–Crippen MR) is 116 cm³/mol. The normalized spacial score (nSPS) is 13.1. The molecule has 2 aromatic rings. The Labute approximate surface area is 173 Å². The largest absolute Gasteiger partial charge is 0.346 e. The zero-order valence-corrected chi connectivity index (χ0v) is 18.3. The number of alkyl halides is 1. The average Bonchev–Trinajstić information content (AvgIpc) is 2.60. The molecule has 1 N–H and O–H groups in total. The molecule has 2 atom stereocenters. The van der Waals surface area contributed by atoms with E-state index in [4.69, 9.17) is 0 Å².